The van der Waals surface area contributed by atoms with E-state index in [0.717, 1.165) is 11.1 Å². The summed E-state index contributed by atoms with van der Waals surface area (Å²) in [6.45, 7) is 4.30. The maximum Gasteiger partial charge on any atom is 0.339 e. The first-order valence-electron chi connectivity index (χ1n) is 9.43. The van der Waals surface area contributed by atoms with Gasteiger partial charge in [-0.3, -0.25) is 0 Å². The van der Waals surface area contributed by atoms with E-state index in [2.05, 4.69) is 5.32 Å². The Morgan fingerprint density at radius 3 is 2.14 bits per heavy atom. The van der Waals surface area contributed by atoms with Gasteiger partial charge in [-0.1, -0.05) is 60.2 Å². The minimum Gasteiger partial charge on any atom is -0.387 e. The smallest absolute Gasteiger partial charge is 0.339 e. The molecule has 1 unspecified atom stereocenters. The molecule has 5 nitrogen and oxygen atoms in total. The maximum atomic E-state index is 12.4. The molecule has 0 bridgehead atoms. The summed E-state index contributed by atoms with van der Waals surface area (Å²) in [6, 6.07) is 23.0. The molecule has 0 heterocycles. The lowest BCUT2D eigenvalue weighted by Crippen LogP contribution is -2.24. The molecule has 0 radical (unpaired) electrons. The van der Waals surface area contributed by atoms with E-state index in [1.54, 1.807) is 36.4 Å². The van der Waals surface area contributed by atoms with E-state index in [1.165, 1.54) is 12.1 Å². The summed E-state index contributed by atoms with van der Waals surface area (Å²) >= 11 is 0. The number of benzene rings is 3. The summed E-state index contributed by atoms with van der Waals surface area (Å²) < 4.78 is 29.9. The molecule has 0 saturated carbocycles. The number of aliphatic hydroxyl groups is 1. The van der Waals surface area contributed by atoms with E-state index in [4.69, 9.17) is 4.18 Å². The third kappa shape index (κ3) is 5.67. The normalized spacial score (nSPS) is 13.6. The van der Waals surface area contributed by atoms with Crippen molar-refractivity contribution >= 4 is 10.1 Å². The Hall–Kier alpha value is -2.67. The van der Waals surface area contributed by atoms with Crippen molar-refractivity contribution in [3.8, 4) is 5.75 Å². The lowest BCUT2D eigenvalue weighted by atomic mass is 10.1. The third-order valence-corrected chi connectivity index (χ3v) is 5.96. The number of rotatable bonds is 8. The first-order valence-corrected chi connectivity index (χ1v) is 10.8. The molecule has 0 amide bonds. The van der Waals surface area contributed by atoms with Crippen molar-refractivity contribution in [3.05, 3.63) is 95.6 Å². The molecule has 3 aromatic rings. The molecule has 0 aliphatic rings. The summed E-state index contributed by atoms with van der Waals surface area (Å²) in [6.07, 6.45) is -0.719. The highest BCUT2D eigenvalue weighted by Gasteiger charge is 2.17. The van der Waals surface area contributed by atoms with Gasteiger partial charge in [-0.2, -0.15) is 8.42 Å². The van der Waals surface area contributed by atoms with Crippen LogP contribution in [0.3, 0.4) is 0 Å². The van der Waals surface area contributed by atoms with E-state index in [1.807, 2.05) is 44.2 Å². The molecule has 2 atom stereocenters. The highest BCUT2D eigenvalue weighted by atomic mass is 32.2. The fourth-order valence-corrected chi connectivity index (χ4v) is 3.82. The molecule has 0 aliphatic carbocycles. The van der Waals surface area contributed by atoms with Gasteiger partial charge in [-0.15, -0.1) is 0 Å². The van der Waals surface area contributed by atoms with Gasteiger partial charge in [0.15, 0.2) is 0 Å². The van der Waals surface area contributed by atoms with Gasteiger partial charge in [-0.25, -0.2) is 0 Å². The van der Waals surface area contributed by atoms with Gasteiger partial charge >= 0.3 is 10.1 Å². The van der Waals surface area contributed by atoms with Crippen molar-refractivity contribution in [2.45, 2.75) is 30.9 Å². The van der Waals surface area contributed by atoms with Crippen LogP contribution < -0.4 is 9.50 Å². The van der Waals surface area contributed by atoms with E-state index < -0.39 is 16.2 Å². The lowest BCUT2D eigenvalue weighted by Gasteiger charge is -2.18. The summed E-state index contributed by atoms with van der Waals surface area (Å²) in [5.41, 5.74) is 2.79. The van der Waals surface area contributed by atoms with Crippen LogP contribution in [0.1, 0.15) is 35.8 Å². The molecule has 29 heavy (non-hydrogen) atoms. The molecule has 0 aromatic heterocycles. The second kappa shape index (κ2) is 9.22. The van der Waals surface area contributed by atoms with Crippen molar-refractivity contribution in [2.24, 2.45) is 0 Å². The fraction of sp³-hybridized carbons (Fsp3) is 0.217. The summed E-state index contributed by atoms with van der Waals surface area (Å²) in [5, 5.41) is 13.7. The molecule has 0 saturated heterocycles. The molecule has 0 aliphatic heterocycles. The first-order chi connectivity index (χ1) is 13.8. The van der Waals surface area contributed by atoms with Crippen LogP contribution >= 0.6 is 0 Å². The van der Waals surface area contributed by atoms with Crippen LogP contribution in [0.15, 0.2) is 83.8 Å². The predicted molar refractivity (Wildman–Crippen MR) is 113 cm³/mol. The van der Waals surface area contributed by atoms with Crippen molar-refractivity contribution in [1.29, 1.82) is 0 Å². The minimum absolute atomic E-state index is 0.103. The minimum atomic E-state index is -3.89. The zero-order valence-corrected chi connectivity index (χ0v) is 17.3. The molecule has 6 heteroatoms. The second-order valence-electron chi connectivity index (χ2n) is 6.98. The molecule has 3 aromatic carbocycles. The van der Waals surface area contributed by atoms with Crippen molar-refractivity contribution in [2.75, 3.05) is 6.54 Å². The van der Waals surface area contributed by atoms with Crippen LogP contribution in [-0.4, -0.2) is 20.1 Å². The summed E-state index contributed by atoms with van der Waals surface area (Å²) in [4.78, 5) is 0.103. The zero-order valence-electron chi connectivity index (χ0n) is 16.4. The SMILES string of the molecule is Cc1ccc(S(=O)(=O)Oc2ccc([C@@H](O)CNC(C)c3ccccc3)cc2)cc1. The van der Waals surface area contributed by atoms with Crippen LogP contribution in [0, 0.1) is 6.92 Å². The van der Waals surface area contributed by atoms with Crippen LogP contribution in [0.5, 0.6) is 5.75 Å². The Labute approximate surface area is 172 Å². The average molecular weight is 412 g/mol. The Balaban J connectivity index is 1.60. The number of nitrogens with one attached hydrogen (secondary N) is 1. The maximum absolute atomic E-state index is 12.4. The predicted octanol–water partition coefficient (Wildman–Crippen LogP) is 4.15. The number of hydrogen-bond donors (Lipinski definition) is 2. The lowest BCUT2D eigenvalue weighted by molar-refractivity contribution is 0.171. The van der Waals surface area contributed by atoms with Crippen LogP contribution in [0.25, 0.3) is 0 Å². The Morgan fingerprint density at radius 1 is 0.897 bits per heavy atom. The molecular formula is C23H25NO4S. The quantitative estimate of drug-likeness (QED) is 0.545. The first kappa shape index (κ1) is 21.0. The van der Waals surface area contributed by atoms with Crippen LogP contribution in [0.2, 0.25) is 0 Å². The van der Waals surface area contributed by atoms with Gasteiger partial charge < -0.3 is 14.6 Å². The highest BCUT2D eigenvalue weighted by Crippen LogP contribution is 2.22. The van der Waals surface area contributed by atoms with Crippen molar-refractivity contribution in [3.63, 3.8) is 0 Å². The Morgan fingerprint density at radius 2 is 1.52 bits per heavy atom. The van der Waals surface area contributed by atoms with E-state index in [9.17, 15) is 13.5 Å². The molecule has 3 rings (SSSR count). The number of hydrogen-bond acceptors (Lipinski definition) is 5. The Bertz CT molecular complexity index is 1020. The van der Waals surface area contributed by atoms with Crippen molar-refractivity contribution < 1.29 is 17.7 Å². The molecular weight excluding hydrogens is 386 g/mol. The third-order valence-electron chi connectivity index (χ3n) is 4.70. The largest absolute Gasteiger partial charge is 0.387 e. The van der Waals surface area contributed by atoms with Gasteiger partial charge in [0.1, 0.15) is 10.6 Å². The standard InChI is InChI=1S/C23H25NO4S/c1-17-8-14-22(15-9-17)29(26,27)28-21-12-10-20(11-13-21)23(25)16-24-18(2)19-6-4-3-5-7-19/h3-15,18,23-25H,16H2,1-2H3/t18?,23-/m0/s1. The van der Waals surface area contributed by atoms with E-state index >= 15 is 0 Å². The molecule has 152 valence electrons. The molecule has 2 N–H and O–H groups in total. The van der Waals surface area contributed by atoms with Gasteiger partial charge in [0.25, 0.3) is 0 Å². The number of aryl methyl sites for hydroxylation is 1. The number of aliphatic hydroxyl groups excluding tert-OH is 1. The van der Waals surface area contributed by atoms with E-state index in [-0.39, 0.29) is 16.7 Å². The monoisotopic (exact) mass is 411 g/mol. The van der Waals surface area contributed by atoms with Gasteiger partial charge in [0.05, 0.1) is 6.10 Å². The summed E-state index contributed by atoms with van der Waals surface area (Å²) in [7, 11) is -3.89. The molecule has 0 fully saturated rings. The van der Waals surface area contributed by atoms with E-state index in [0.29, 0.717) is 12.1 Å². The Kier molecular flexibility index (Phi) is 6.69. The zero-order chi connectivity index (χ0) is 20.9. The molecule has 0 spiro atoms. The van der Waals surface area contributed by atoms with Gasteiger partial charge in [-0.05, 0) is 49.2 Å². The van der Waals surface area contributed by atoms with Crippen LogP contribution in [-0.2, 0) is 10.1 Å². The van der Waals surface area contributed by atoms with Crippen LogP contribution in [0.4, 0.5) is 0 Å². The highest BCUT2D eigenvalue weighted by molar-refractivity contribution is 7.87. The van der Waals surface area contributed by atoms with Crippen molar-refractivity contribution in [1.82, 2.24) is 5.32 Å². The van der Waals surface area contributed by atoms with Gasteiger partial charge in [0, 0.05) is 12.6 Å². The summed E-state index contributed by atoms with van der Waals surface area (Å²) in [5.74, 6) is 0.201. The fourth-order valence-electron chi connectivity index (χ4n) is 2.89. The topological polar surface area (TPSA) is 75.6 Å². The second-order valence-corrected chi connectivity index (χ2v) is 8.52. The average Bonchev–Trinajstić information content (AvgIpc) is 2.73. The van der Waals surface area contributed by atoms with Gasteiger partial charge in [0.2, 0.25) is 0 Å².